The van der Waals surface area contributed by atoms with Crippen LogP contribution in [0.25, 0.3) is 0 Å². The lowest BCUT2D eigenvalue weighted by molar-refractivity contribution is -0.121. The van der Waals surface area contributed by atoms with Gasteiger partial charge in [-0.15, -0.1) is 0 Å². The summed E-state index contributed by atoms with van der Waals surface area (Å²) >= 11 is 3.37. The molecule has 1 heterocycles. The molecule has 0 saturated heterocycles. The molecule has 0 amide bonds. The van der Waals surface area contributed by atoms with E-state index in [1.54, 1.807) is 0 Å². The molecular formula is C11H15BrN2O. The normalized spacial score (nSPS) is 27.0. The van der Waals surface area contributed by atoms with Crippen molar-refractivity contribution in [2.24, 2.45) is 13.0 Å². The number of hydrogen-bond donors (Lipinski definition) is 0. The van der Waals surface area contributed by atoms with Gasteiger partial charge in [-0.1, -0.05) is 6.92 Å². The van der Waals surface area contributed by atoms with Crippen molar-refractivity contribution in [3.05, 3.63) is 16.4 Å². The Morgan fingerprint density at radius 1 is 1.60 bits per heavy atom. The van der Waals surface area contributed by atoms with Gasteiger partial charge in [0.05, 0.1) is 0 Å². The van der Waals surface area contributed by atoms with Crippen LogP contribution in [0.1, 0.15) is 37.8 Å². The number of rotatable bonds is 1. The molecule has 0 aliphatic heterocycles. The van der Waals surface area contributed by atoms with Gasteiger partial charge in [-0.3, -0.25) is 9.48 Å². The maximum absolute atomic E-state index is 11.5. The van der Waals surface area contributed by atoms with Crippen LogP contribution in [0.4, 0.5) is 0 Å². The highest BCUT2D eigenvalue weighted by Gasteiger charge is 2.29. The molecule has 1 aromatic rings. The van der Waals surface area contributed by atoms with Gasteiger partial charge >= 0.3 is 0 Å². The van der Waals surface area contributed by atoms with Crippen molar-refractivity contribution < 1.29 is 4.79 Å². The van der Waals surface area contributed by atoms with Crippen LogP contribution in [-0.2, 0) is 11.8 Å². The molecule has 1 aromatic heterocycles. The molecule has 1 fully saturated rings. The Balaban J connectivity index is 2.28. The fourth-order valence-corrected chi connectivity index (χ4v) is 2.80. The topological polar surface area (TPSA) is 34.9 Å². The number of aryl methyl sites for hydroxylation is 1. The third-order valence-electron chi connectivity index (χ3n) is 3.28. The van der Waals surface area contributed by atoms with Crippen LogP contribution in [0.2, 0.25) is 0 Å². The molecule has 2 rings (SSSR count). The minimum absolute atomic E-state index is 0.343. The molecule has 0 spiro atoms. The molecule has 0 radical (unpaired) electrons. The van der Waals surface area contributed by atoms with Crippen LogP contribution in [0.5, 0.6) is 0 Å². The maximum Gasteiger partial charge on any atom is 0.133 e. The SMILES string of the molecule is CC1CCC(=O)CC1c1cc(Br)nn1C. The van der Waals surface area contributed by atoms with Crippen LogP contribution in [0.15, 0.2) is 10.7 Å². The van der Waals surface area contributed by atoms with Gasteiger partial charge in [0.15, 0.2) is 0 Å². The standard InChI is InChI=1S/C11H15BrN2O/c1-7-3-4-8(15)5-9(7)10-6-11(12)13-14(10)2/h6-7,9H,3-5H2,1-2H3. The van der Waals surface area contributed by atoms with Crippen molar-refractivity contribution >= 4 is 21.7 Å². The predicted molar refractivity (Wildman–Crippen MR) is 61.7 cm³/mol. The van der Waals surface area contributed by atoms with Crippen LogP contribution in [0, 0.1) is 5.92 Å². The van der Waals surface area contributed by atoms with Crippen LogP contribution in [-0.4, -0.2) is 15.6 Å². The Labute approximate surface area is 98.0 Å². The summed E-state index contributed by atoms with van der Waals surface area (Å²) in [5.41, 5.74) is 1.17. The Morgan fingerprint density at radius 2 is 2.33 bits per heavy atom. The molecule has 0 bridgehead atoms. The lowest BCUT2D eigenvalue weighted by atomic mass is 9.78. The number of halogens is 1. The van der Waals surface area contributed by atoms with Gasteiger partial charge in [-0.05, 0) is 34.3 Å². The van der Waals surface area contributed by atoms with Crippen LogP contribution >= 0.6 is 15.9 Å². The summed E-state index contributed by atoms with van der Waals surface area (Å²) < 4.78 is 2.73. The largest absolute Gasteiger partial charge is 0.300 e. The van der Waals surface area contributed by atoms with Gasteiger partial charge in [0, 0.05) is 31.5 Å². The van der Waals surface area contributed by atoms with Crippen LogP contribution in [0.3, 0.4) is 0 Å². The maximum atomic E-state index is 11.5. The lowest BCUT2D eigenvalue weighted by Crippen LogP contribution is -2.23. The summed E-state index contributed by atoms with van der Waals surface area (Å²) in [6.07, 6.45) is 2.43. The smallest absolute Gasteiger partial charge is 0.133 e. The van der Waals surface area contributed by atoms with E-state index in [0.29, 0.717) is 24.0 Å². The quantitative estimate of drug-likeness (QED) is 0.787. The van der Waals surface area contributed by atoms with E-state index in [2.05, 4.69) is 28.0 Å². The van der Waals surface area contributed by atoms with E-state index in [0.717, 1.165) is 17.4 Å². The molecule has 2 atom stereocenters. The van der Waals surface area contributed by atoms with Crippen LogP contribution < -0.4 is 0 Å². The zero-order valence-corrected chi connectivity index (χ0v) is 10.6. The summed E-state index contributed by atoms with van der Waals surface area (Å²) in [7, 11) is 1.94. The third kappa shape index (κ3) is 2.14. The first-order valence-electron chi connectivity index (χ1n) is 5.29. The Bertz CT molecular complexity index is 386. The number of ketones is 1. The number of Topliss-reactive ketones (excluding diaryl/α,β-unsaturated/α-hetero) is 1. The average molecular weight is 271 g/mol. The van der Waals surface area contributed by atoms with Crippen molar-refractivity contribution in [1.82, 2.24) is 9.78 Å². The van der Waals surface area contributed by atoms with Gasteiger partial charge in [0.25, 0.3) is 0 Å². The molecule has 0 aromatic carbocycles. The molecule has 3 nitrogen and oxygen atoms in total. The fourth-order valence-electron chi connectivity index (χ4n) is 2.33. The van der Waals surface area contributed by atoms with E-state index >= 15 is 0 Å². The predicted octanol–water partition coefficient (Wildman–Crippen LogP) is 2.66. The Morgan fingerprint density at radius 3 is 2.93 bits per heavy atom. The molecular weight excluding hydrogens is 256 g/mol. The monoisotopic (exact) mass is 270 g/mol. The highest BCUT2D eigenvalue weighted by Crippen LogP contribution is 2.36. The average Bonchev–Trinajstić information content (AvgIpc) is 2.50. The number of nitrogens with zero attached hydrogens (tertiary/aromatic N) is 2. The van der Waals surface area contributed by atoms with E-state index < -0.39 is 0 Å². The lowest BCUT2D eigenvalue weighted by Gasteiger charge is -2.27. The van der Waals surface area contributed by atoms with Crippen molar-refractivity contribution in [3.63, 3.8) is 0 Å². The molecule has 1 aliphatic rings. The van der Waals surface area contributed by atoms with Crippen molar-refractivity contribution in [1.29, 1.82) is 0 Å². The van der Waals surface area contributed by atoms with E-state index in [1.165, 1.54) is 5.69 Å². The first-order valence-corrected chi connectivity index (χ1v) is 6.08. The Hall–Kier alpha value is -0.640. The number of carbonyl (C=O) groups is 1. The molecule has 15 heavy (non-hydrogen) atoms. The van der Waals surface area contributed by atoms with Crippen molar-refractivity contribution in [2.75, 3.05) is 0 Å². The van der Waals surface area contributed by atoms with Crippen molar-refractivity contribution in [3.8, 4) is 0 Å². The van der Waals surface area contributed by atoms with Gasteiger partial charge < -0.3 is 0 Å². The van der Waals surface area contributed by atoms with E-state index in [-0.39, 0.29) is 0 Å². The molecule has 1 aliphatic carbocycles. The second-order valence-corrected chi connectivity index (χ2v) is 5.19. The number of carbonyl (C=O) groups excluding carboxylic acids is 1. The summed E-state index contributed by atoms with van der Waals surface area (Å²) in [5, 5.41) is 4.27. The van der Waals surface area contributed by atoms with E-state index in [9.17, 15) is 4.79 Å². The minimum Gasteiger partial charge on any atom is -0.300 e. The summed E-state index contributed by atoms with van der Waals surface area (Å²) in [6.45, 7) is 2.22. The van der Waals surface area contributed by atoms with Gasteiger partial charge in [0.2, 0.25) is 0 Å². The first-order chi connectivity index (χ1) is 7.08. The fraction of sp³-hybridized carbons (Fsp3) is 0.636. The zero-order valence-electron chi connectivity index (χ0n) is 9.03. The number of aromatic nitrogens is 2. The Kier molecular flexibility index (Phi) is 2.96. The molecule has 4 heteroatoms. The van der Waals surface area contributed by atoms with Gasteiger partial charge in [0.1, 0.15) is 10.4 Å². The second kappa shape index (κ2) is 4.08. The molecule has 0 N–H and O–H groups in total. The van der Waals surface area contributed by atoms with Gasteiger partial charge in [-0.25, -0.2) is 0 Å². The molecule has 82 valence electrons. The first kappa shape index (κ1) is 10.9. The summed E-state index contributed by atoms with van der Waals surface area (Å²) in [5.74, 6) is 1.30. The van der Waals surface area contributed by atoms with Gasteiger partial charge in [-0.2, -0.15) is 5.10 Å². The highest BCUT2D eigenvalue weighted by molar-refractivity contribution is 9.10. The summed E-state index contributed by atoms with van der Waals surface area (Å²) in [4.78, 5) is 11.5. The third-order valence-corrected chi connectivity index (χ3v) is 3.67. The molecule has 1 saturated carbocycles. The summed E-state index contributed by atoms with van der Waals surface area (Å²) in [6, 6.07) is 2.03. The highest BCUT2D eigenvalue weighted by atomic mass is 79.9. The zero-order chi connectivity index (χ0) is 11.0. The minimum atomic E-state index is 0.343. The van der Waals surface area contributed by atoms with E-state index in [4.69, 9.17) is 0 Å². The van der Waals surface area contributed by atoms with Crippen molar-refractivity contribution in [2.45, 2.75) is 32.1 Å². The van der Waals surface area contributed by atoms with E-state index in [1.807, 2.05) is 17.8 Å². The molecule has 2 unspecified atom stereocenters. The number of hydrogen-bond acceptors (Lipinski definition) is 2. The second-order valence-electron chi connectivity index (χ2n) is 4.38.